The Morgan fingerprint density at radius 2 is 1.25 bits per heavy atom. The molecule has 0 N–H and O–H groups in total. The summed E-state index contributed by atoms with van der Waals surface area (Å²) < 4.78 is 20.2. The molecule has 218 valence electrons. The molecule has 3 rings (SSSR count). The van der Waals surface area contributed by atoms with Gasteiger partial charge in [0, 0.05) is 23.3 Å². The van der Waals surface area contributed by atoms with Crippen LogP contribution in [0.5, 0.6) is 5.75 Å². The van der Waals surface area contributed by atoms with E-state index in [4.69, 9.17) is 18.9 Å². The minimum Gasteiger partial charge on any atom is -0.460 e. The van der Waals surface area contributed by atoms with Crippen molar-refractivity contribution in [3.05, 3.63) is 90.5 Å². The third kappa shape index (κ3) is 12.5. The third-order valence-corrected chi connectivity index (χ3v) is 5.65. The van der Waals surface area contributed by atoms with Crippen molar-refractivity contribution >= 4 is 17.9 Å². The van der Waals surface area contributed by atoms with Crippen LogP contribution in [0, 0.1) is 11.8 Å². The lowest BCUT2D eigenvalue weighted by molar-refractivity contribution is -0.161. The van der Waals surface area contributed by atoms with Crippen LogP contribution >= 0.6 is 0 Å². The van der Waals surface area contributed by atoms with Crippen LogP contribution < -0.4 is 4.74 Å². The lowest BCUT2D eigenvalue weighted by atomic mass is 9.82. The van der Waals surface area contributed by atoms with Gasteiger partial charge in [-0.05, 0) is 73.6 Å². The van der Waals surface area contributed by atoms with Gasteiger partial charge in [-0.25, -0.2) is 14.4 Å². The fourth-order valence-electron chi connectivity index (χ4n) is 3.75. The molecule has 0 aliphatic heterocycles. The van der Waals surface area contributed by atoms with Gasteiger partial charge in [0.15, 0.2) is 6.61 Å². The Bertz CT molecular complexity index is 1130. The smallest absolute Gasteiger partial charge is 0.344 e. The van der Waals surface area contributed by atoms with Gasteiger partial charge in [-0.3, -0.25) is 0 Å². The van der Waals surface area contributed by atoms with Crippen molar-refractivity contribution in [1.29, 1.82) is 0 Å². The second-order valence-electron chi connectivity index (χ2n) is 8.10. The Balaban J connectivity index is 0. The molecule has 2 aromatic rings. The molecular weight excluding hydrogens is 508 g/mol. The maximum Gasteiger partial charge on any atom is 0.344 e. The van der Waals surface area contributed by atoms with Gasteiger partial charge in [0.25, 0.3) is 0 Å². The van der Waals surface area contributed by atoms with E-state index in [0.29, 0.717) is 11.7 Å². The summed E-state index contributed by atoms with van der Waals surface area (Å²) >= 11 is 0. The van der Waals surface area contributed by atoms with E-state index in [1.807, 2.05) is 24.3 Å². The first-order valence-corrected chi connectivity index (χ1v) is 11.6. The van der Waals surface area contributed by atoms with Crippen molar-refractivity contribution in [2.75, 3.05) is 13.4 Å². The van der Waals surface area contributed by atoms with Crippen LogP contribution in [0.2, 0.25) is 0 Å². The predicted octanol–water partition coefficient (Wildman–Crippen LogP) is 6.99. The normalized spacial score (nSPS) is 14.8. The molecule has 0 aromatic heterocycles. The maximum atomic E-state index is 11.8. The first-order chi connectivity index (χ1) is 17.5. The van der Waals surface area contributed by atoms with Gasteiger partial charge in [0.2, 0.25) is 6.79 Å². The molecule has 40 heavy (non-hydrogen) atoms. The summed E-state index contributed by atoms with van der Waals surface area (Å²) in [6.45, 7) is 6.04. The lowest BCUT2D eigenvalue weighted by Gasteiger charge is -2.28. The molecule has 1 saturated carbocycles. The van der Waals surface area contributed by atoms with Crippen molar-refractivity contribution in [3.8, 4) is 17.6 Å². The number of hydrogen-bond donors (Lipinski definition) is 0. The molecule has 0 heterocycles. The molecule has 0 atom stereocenters. The van der Waals surface area contributed by atoms with Crippen LogP contribution in [-0.4, -0.2) is 37.4 Å². The molecule has 0 saturated heterocycles. The van der Waals surface area contributed by atoms with E-state index in [9.17, 15) is 14.4 Å². The summed E-state index contributed by atoms with van der Waals surface area (Å²) in [4.78, 5) is 33.9. The fraction of sp³-hybridized carbons (Fsp3) is 0.364. The molecule has 1 aliphatic rings. The van der Waals surface area contributed by atoms with E-state index in [-0.39, 0.29) is 42.6 Å². The van der Waals surface area contributed by atoms with Gasteiger partial charge < -0.3 is 18.9 Å². The molecule has 0 bridgehead atoms. The zero-order valence-electron chi connectivity index (χ0n) is 19.9. The Kier molecular flexibility index (Phi) is 18.6. The van der Waals surface area contributed by atoms with Gasteiger partial charge in [-0.1, -0.05) is 66.8 Å². The summed E-state index contributed by atoms with van der Waals surface area (Å²) in [7, 11) is 0. The number of benzene rings is 2. The minimum absolute atomic E-state index is 0. The van der Waals surface area contributed by atoms with Crippen molar-refractivity contribution in [2.45, 2.75) is 67.4 Å². The molecule has 0 amide bonds. The molecular formula is C33H44O7. The van der Waals surface area contributed by atoms with Gasteiger partial charge in [0.1, 0.15) is 11.9 Å². The SMILES string of the molecule is C.C.C.C.C=CC(=O)OCOc1ccc(C#Cc2ccc(C3CCC(OC(=O)COC(=O)C=C)CC3)cc2)cc1. The highest BCUT2D eigenvalue weighted by atomic mass is 16.7. The molecule has 1 fully saturated rings. The first kappa shape index (κ1) is 37.8. The summed E-state index contributed by atoms with van der Waals surface area (Å²) in [5.74, 6) is 5.54. The maximum absolute atomic E-state index is 11.8. The number of carbonyl (C=O) groups is 3. The van der Waals surface area contributed by atoms with Gasteiger partial charge >= 0.3 is 17.9 Å². The number of rotatable bonds is 9. The van der Waals surface area contributed by atoms with E-state index in [2.05, 4.69) is 37.1 Å². The number of ether oxygens (including phenoxy) is 4. The van der Waals surface area contributed by atoms with Crippen LogP contribution in [0.3, 0.4) is 0 Å². The third-order valence-electron chi connectivity index (χ3n) is 5.65. The second kappa shape index (κ2) is 19.7. The summed E-state index contributed by atoms with van der Waals surface area (Å²) in [5, 5.41) is 0. The van der Waals surface area contributed by atoms with Gasteiger partial charge in [-0.2, -0.15) is 0 Å². The van der Waals surface area contributed by atoms with E-state index in [1.165, 1.54) is 5.56 Å². The zero-order valence-corrected chi connectivity index (χ0v) is 19.9. The fourth-order valence-corrected chi connectivity index (χ4v) is 3.75. The molecule has 0 unspecified atom stereocenters. The highest BCUT2D eigenvalue weighted by Crippen LogP contribution is 2.34. The van der Waals surface area contributed by atoms with Crippen molar-refractivity contribution in [2.24, 2.45) is 0 Å². The monoisotopic (exact) mass is 552 g/mol. The van der Waals surface area contributed by atoms with Gasteiger partial charge in [-0.15, -0.1) is 0 Å². The van der Waals surface area contributed by atoms with E-state index in [1.54, 1.807) is 12.1 Å². The Morgan fingerprint density at radius 1 is 0.750 bits per heavy atom. The van der Waals surface area contributed by atoms with E-state index >= 15 is 0 Å². The standard InChI is InChI=1S/C29H28O7.4CH4/c1-3-27(30)33-19-29(32)36-26-17-13-24(14-18-26)23-11-7-21(8-12-23)5-6-22-9-15-25(16-10-22)34-20-35-28(31)4-2;;;;/h3-4,7-12,15-16,24,26H,1-2,13-14,17-20H2;4*1H4. The molecule has 7 nitrogen and oxygen atoms in total. The zero-order chi connectivity index (χ0) is 25.8. The highest BCUT2D eigenvalue weighted by molar-refractivity contribution is 5.83. The average Bonchev–Trinajstić information content (AvgIpc) is 2.92. The molecule has 0 spiro atoms. The van der Waals surface area contributed by atoms with Crippen LogP contribution in [0.15, 0.2) is 73.8 Å². The Labute approximate surface area is 240 Å². The molecule has 0 radical (unpaired) electrons. The van der Waals surface area contributed by atoms with Gasteiger partial charge in [0.05, 0.1) is 0 Å². The number of hydrogen-bond acceptors (Lipinski definition) is 7. The van der Waals surface area contributed by atoms with Crippen molar-refractivity contribution in [3.63, 3.8) is 0 Å². The van der Waals surface area contributed by atoms with Crippen molar-refractivity contribution < 1.29 is 33.3 Å². The second-order valence-corrected chi connectivity index (χ2v) is 8.10. The lowest BCUT2D eigenvalue weighted by Crippen LogP contribution is -2.26. The largest absolute Gasteiger partial charge is 0.460 e. The molecule has 1 aliphatic carbocycles. The van der Waals surface area contributed by atoms with Crippen LogP contribution in [-0.2, 0) is 28.6 Å². The Morgan fingerprint density at radius 3 is 1.77 bits per heavy atom. The Hall–Kier alpha value is -4.31. The van der Waals surface area contributed by atoms with E-state index in [0.717, 1.165) is 49.0 Å². The highest BCUT2D eigenvalue weighted by Gasteiger charge is 2.25. The number of carbonyl (C=O) groups excluding carboxylic acids is 3. The van der Waals surface area contributed by atoms with Crippen LogP contribution in [0.4, 0.5) is 0 Å². The number of esters is 3. The first-order valence-electron chi connectivity index (χ1n) is 11.6. The summed E-state index contributed by atoms with van der Waals surface area (Å²) in [5.41, 5.74) is 2.98. The topological polar surface area (TPSA) is 88.1 Å². The summed E-state index contributed by atoms with van der Waals surface area (Å²) in [6, 6.07) is 15.4. The van der Waals surface area contributed by atoms with Crippen molar-refractivity contribution in [1.82, 2.24) is 0 Å². The predicted molar refractivity (Wildman–Crippen MR) is 160 cm³/mol. The quantitative estimate of drug-likeness (QED) is 0.109. The average molecular weight is 553 g/mol. The summed E-state index contributed by atoms with van der Waals surface area (Å²) in [6.07, 6.45) is 5.30. The van der Waals surface area contributed by atoms with Crippen LogP contribution in [0.25, 0.3) is 0 Å². The van der Waals surface area contributed by atoms with E-state index < -0.39 is 24.5 Å². The minimum atomic E-state index is -0.642. The molecule has 2 aromatic carbocycles. The molecule has 7 heteroatoms. The van der Waals surface area contributed by atoms with Crippen LogP contribution in [0.1, 0.15) is 78.0 Å².